The molecule has 0 saturated heterocycles. The van der Waals surface area contributed by atoms with Crippen molar-refractivity contribution < 1.29 is 0 Å². The van der Waals surface area contributed by atoms with Gasteiger partial charge in [-0.15, -0.1) is 12.4 Å². The van der Waals surface area contributed by atoms with Crippen LogP contribution in [0.1, 0.15) is 18.9 Å². The minimum atomic E-state index is 0. The second-order valence-corrected chi connectivity index (χ2v) is 4.26. The van der Waals surface area contributed by atoms with Gasteiger partial charge in [-0.3, -0.25) is 0 Å². The van der Waals surface area contributed by atoms with Crippen LogP contribution in [-0.2, 0) is 6.42 Å². The molecule has 3 N–H and O–H groups in total. The van der Waals surface area contributed by atoms with Crippen LogP contribution in [0.5, 0.6) is 0 Å². The lowest BCUT2D eigenvalue weighted by molar-refractivity contribution is 0.648. The third-order valence-corrected chi connectivity index (χ3v) is 3.06. The molecule has 0 radical (unpaired) electrons. The fourth-order valence-electron chi connectivity index (χ4n) is 1.80. The number of H-pyrrole nitrogens is 1. The maximum Gasteiger partial charge on any atom is 0.0502 e. The van der Waals surface area contributed by atoms with Crippen LogP contribution in [0.15, 0.2) is 24.4 Å². The molecule has 2 nitrogen and oxygen atoms in total. The number of hydrogen-bond donors (Lipinski definition) is 2. The SMILES string of the molecule is CCC(N)Cc1c[nH]c2cccc(Cl)c12.Cl. The number of fused-ring (bicyclic) bond motifs is 1. The maximum absolute atomic E-state index is 6.17. The van der Waals surface area contributed by atoms with E-state index in [1.54, 1.807) is 0 Å². The maximum atomic E-state index is 6.17. The number of nitrogens with two attached hydrogens (primary N) is 1. The zero-order valence-corrected chi connectivity index (χ0v) is 10.7. The molecule has 1 aromatic heterocycles. The summed E-state index contributed by atoms with van der Waals surface area (Å²) in [6, 6.07) is 6.10. The number of aromatic amines is 1. The number of halogens is 2. The van der Waals surface area contributed by atoms with E-state index in [9.17, 15) is 0 Å². The summed E-state index contributed by atoms with van der Waals surface area (Å²) in [4.78, 5) is 3.22. The van der Waals surface area contributed by atoms with E-state index in [-0.39, 0.29) is 18.4 Å². The molecule has 4 heteroatoms. The monoisotopic (exact) mass is 258 g/mol. The largest absolute Gasteiger partial charge is 0.361 e. The molecule has 2 aromatic rings. The third kappa shape index (κ3) is 2.51. The Morgan fingerprint density at radius 1 is 1.44 bits per heavy atom. The number of aromatic nitrogens is 1. The van der Waals surface area contributed by atoms with Crippen molar-refractivity contribution in [2.45, 2.75) is 25.8 Å². The molecule has 1 unspecified atom stereocenters. The van der Waals surface area contributed by atoms with Gasteiger partial charge in [0, 0.05) is 23.1 Å². The van der Waals surface area contributed by atoms with Gasteiger partial charge in [-0.2, -0.15) is 0 Å². The van der Waals surface area contributed by atoms with E-state index in [1.165, 1.54) is 5.56 Å². The Balaban J connectivity index is 0.00000128. The second kappa shape index (κ2) is 5.58. The van der Waals surface area contributed by atoms with Gasteiger partial charge in [-0.05, 0) is 30.5 Å². The van der Waals surface area contributed by atoms with Crippen molar-refractivity contribution in [1.82, 2.24) is 4.98 Å². The summed E-state index contributed by atoms with van der Waals surface area (Å²) in [5, 5.41) is 1.91. The summed E-state index contributed by atoms with van der Waals surface area (Å²) in [5.74, 6) is 0. The summed E-state index contributed by atoms with van der Waals surface area (Å²) < 4.78 is 0. The van der Waals surface area contributed by atoms with E-state index >= 15 is 0 Å². The van der Waals surface area contributed by atoms with Crippen molar-refractivity contribution >= 4 is 34.9 Å². The minimum absolute atomic E-state index is 0. The number of hydrogen-bond acceptors (Lipinski definition) is 1. The van der Waals surface area contributed by atoms with Crippen LogP contribution in [0.25, 0.3) is 10.9 Å². The first-order valence-electron chi connectivity index (χ1n) is 5.22. The first-order valence-corrected chi connectivity index (χ1v) is 5.60. The van der Waals surface area contributed by atoms with Crippen molar-refractivity contribution in [3.8, 4) is 0 Å². The van der Waals surface area contributed by atoms with Crippen molar-refractivity contribution in [3.05, 3.63) is 35.0 Å². The molecule has 1 aromatic carbocycles. The first kappa shape index (κ1) is 13.4. The van der Waals surface area contributed by atoms with Crippen LogP contribution in [-0.4, -0.2) is 11.0 Å². The highest BCUT2D eigenvalue weighted by atomic mass is 35.5. The molecule has 0 aliphatic heterocycles. The average Bonchev–Trinajstić information content (AvgIpc) is 2.63. The Morgan fingerprint density at radius 2 is 2.19 bits per heavy atom. The summed E-state index contributed by atoms with van der Waals surface area (Å²) in [6.07, 6.45) is 3.86. The highest BCUT2D eigenvalue weighted by molar-refractivity contribution is 6.35. The van der Waals surface area contributed by atoms with Crippen LogP contribution in [0.3, 0.4) is 0 Å². The molecular weight excluding hydrogens is 243 g/mol. The molecule has 88 valence electrons. The van der Waals surface area contributed by atoms with Crippen molar-refractivity contribution in [3.63, 3.8) is 0 Å². The van der Waals surface area contributed by atoms with E-state index in [4.69, 9.17) is 17.3 Å². The quantitative estimate of drug-likeness (QED) is 0.869. The third-order valence-electron chi connectivity index (χ3n) is 2.74. The van der Waals surface area contributed by atoms with E-state index in [0.717, 1.165) is 28.8 Å². The fourth-order valence-corrected chi connectivity index (χ4v) is 2.09. The Morgan fingerprint density at radius 3 is 2.88 bits per heavy atom. The van der Waals surface area contributed by atoms with Gasteiger partial charge < -0.3 is 10.7 Å². The van der Waals surface area contributed by atoms with Crippen molar-refractivity contribution in [2.75, 3.05) is 0 Å². The zero-order chi connectivity index (χ0) is 10.8. The zero-order valence-electron chi connectivity index (χ0n) is 9.16. The fraction of sp³-hybridized carbons (Fsp3) is 0.333. The number of benzene rings is 1. The molecule has 0 aliphatic rings. The van der Waals surface area contributed by atoms with Gasteiger partial charge in [0.05, 0.1) is 5.02 Å². The predicted octanol–water partition coefficient (Wildman–Crippen LogP) is 3.52. The van der Waals surface area contributed by atoms with Gasteiger partial charge in [0.25, 0.3) is 0 Å². The molecule has 0 spiro atoms. The Bertz CT molecular complexity index is 465. The van der Waals surface area contributed by atoms with Crippen molar-refractivity contribution in [2.24, 2.45) is 5.73 Å². The van der Waals surface area contributed by atoms with Gasteiger partial charge in [0.15, 0.2) is 0 Å². The van der Waals surface area contributed by atoms with E-state index < -0.39 is 0 Å². The minimum Gasteiger partial charge on any atom is -0.361 e. The van der Waals surface area contributed by atoms with E-state index in [0.29, 0.717) is 0 Å². The molecule has 16 heavy (non-hydrogen) atoms. The molecule has 2 rings (SSSR count). The molecule has 0 aliphatic carbocycles. The highest BCUT2D eigenvalue weighted by Gasteiger charge is 2.09. The molecule has 0 fully saturated rings. The standard InChI is InChI=1S/C12H15ClN2.ClH/c1-2-9(14)6-8-7-15-11-5-3-4-10(13)12(8)11;/h3-5,7,9,15H,2,6,14H2,1H3;1H. The molecule has 0 saturated carbocycles. The van der Waals surface area contributed by atoms with Gasteiger partial charge in [0.2, 0.25) is 0 Å². The van der Waals surface area contributed by atoms with Crippen molar-refractivity contribution in [1.29, 1.82) is 0 Å². The van der Waals surface area contributed by atoms with Gasteiger partial charge in [-0.25, -0.2) is 0 Å². The molecule has 1 heterocycles. The van der Waals surface area contributed by atoms with Gasteiger partial charge in [0.1, 0.15) is 0 Å². The highest BCUT2D eigenvalue weighted by Crippen LogP contribution is 2.27. The normalized spacial score (nSPS) is 12.4. The van der Waals surface area contributed by atoms with Crippen LogP contribution >= 0.6 is 24.0 Å². The van der Waals surface area contributed by atoms with Crippen LogP contribution in [0, 0.1) is 0 Å². The Hall–Kier alpha value is -0.700. The van der Waals surface area contributed by atoms with Crippen LogP contribution < -0.4 is 5.73 Å². The summed E-state index contributed by atoms with van der Waals surface area (Å²) in [6.45, 7) is 2.10. The Labute approximate surface area is 107 Å². The predicted molar refractivity (Wildman–Crippen MR) is 72.5 cm³/mol. The number of rotatable bonds is 3. The van der Waals surface area contributed by atoms with Crippen LogP contribution in [0.2, 0.25) is 5.02 Å². The molecular formula is C12H16Cl2N2. The lowest BCUT2D eigenvalue weighted by Crippen LogP contribution is -2.21. The lowest BCUT2D eigenvalue weighted by Gasteiger charge is -2.07. The van der Waals surface area contributed by atoms with E-state index in [2.05, 4.69) is 11.9 Å². The van der Waals surface area contributed by atoms with E-state index in [1.807, 2.05) is 24.4 Å². The molecule has 0 amide bonds. The summed E-state index contributed by atoms with van der Waals surface area (Å²) in [7, 11) is 0. The summed E-state index contributed by atoms with van der Waals surface area (Å²) >= 11 is 6.17. The molecule has 1 atom stereocenters. The molecule has 0 bridgehead atoms. The lowest BCUT2D eigenvalue weighted by atomic mass is 10.0. The Kier molecular flexibility index (Phi) is 4.66. The van der Waals surface area contributed by atoms with Gasteiger partial charge in [-0.1, -0.05) is 24.6 Å². The van der Waals surface area contributed by atoms with Crippen LogP contribution in [0.4, 0.5) is 0 Å². The number of nitrogens with one attached hydrogen (secondary N) is 1. The average molecular weight is 259 g/mol. The van der Waals surface area contributed by atoms with Gasteiger partial charge >= 0.3 is 0 Å². The second-order valence-electron chi connectivity index (χ2n) is 3.85. The topological polar surface area (TPSA) is 41.8 Å². The smallest absolute Gasteiger partial charge is 0.0502 e. The first-order chi connectivity index (χ1) is 7.22. The summed E-state index contributed by atoms with van der Waals surface area (Å²) in [5.41, 5.74) is 8.25.